The van der Waals surface area contributed by atoms with Crippen LogP contribution >= 0.6 is 0 Å². The third-order valence-electron chi connectivity index (χ3n) is 4.83. The molecule has 0 aromatic carbocycles. The van der Waals surface area contributed by atoms with Gasteiger partial charge in [-0.1, -0.05) is 27.7 Å². The summed E-state index contributed by atoms with van der Waals surface area (Å²) < 4.78 is 0. The maximum Gasteiger partial charge on any atom is 0.321 e. The minimum atomic E-state index is -0.944. The Morgan fingerprint density at radius 1 is 1.05 bits per heavy atom. The highest BCUT2D eigenvalue weighted by Crippen LogP contribution is 2.67. The fourth-order valence-electron chi connectivity index (χ4n) is 2.67. The topological polar surface area (TPSA) is 95.5 Å². The molecule has 0 aromatic rings. The van der Waals surface area contributed by atoms with Gasteiger partial charge in [0.2, 0.25) is 5.91 Å². The average Bonchev–Trinajstić information content (AvgIpc) is 2.66. The first-order valence-electron chi connectivity index (χ1n) is 6.88. The zero-order valence-corrected chi connectivity index (χ0v) is 12.6. The van der Waals surface area contributed by atoms with Gasteiger partial charge in [0.25, 0.3) is 0 Å². The van der Waals surface area contributed by atoms with Gasteiger partial charge in [0, 0.05) is 19.4 Å². The van der Waals surface area contributed by atoms with Gasteiger partial charge in [0.15, 0.2) is 0 Å². The van der Waals surface area contributed by atoms with Crippen LogP contribution in [0.25, 0.3) is 0 Å². The molecule has 1 aliphatic rings. The molecule has 3 amide bonds. The van der Waals surface area contributed by atoms with Gasteiger partial charge in [-0.25, -0.2) is 4.79 Å². The summed E-state index contributed by atoms with van der Waals surface area (Å²) in [5.74, 6) is -0.999. The van der Waals surface area contributed by atoms with E-state index in [2.05, 4.69) is 38.3 Å². The summed E-state index contributed by atoms with van der Waals surface area (Å²) in [4.78, 5) is 33.2. The van der Waals surface area contributed by atoms with Crippen LogP contribution in [-0.2, 0) is 9.59 Å². The highest BCUT2D eigenvalue weighted by atomic mass is 16.4. The zero-order valence-electron chi connectivity index (χ0n) is 12.6. The molecule has 6 nitrogen and oxygen atoms in total. The van der Waals surface area contributed by atoms with Crippen LogP contribution in [0.15, 0.2) is 0 Å². The molecule has 0 aromatic heterocycles. The maximum atomic E-state index is 11.5. The van der Waals surface area contributed by atoms with E-state index in [0.717, 1.165) is 0 Å². The lowest BCUT2D eigenvalue weighted by Gasteiger charge is -2.07. The van der Waals surface area contributed by atoms with Crippen molar-refractivity contribution in [1.82, 2.24) is 10.6 Å². The fourth-order valence-corrected chi connectivity index (χ4v) is 2.67. The molecular formula is C14H24N2O4. The van der Waals surface area contributed by atoms with Crippen LogP contribution in [0.3, 0.4) is 0 Å². The van der Waals surface area contributed by atoms with E-state index in [1.54, 1.807) is 0 Å². The smallest absolute Gasteiger partial charge is 0.321 e. The Balaban J connectivity index is 2.21. The molecule has 0 radical (unpaired) electrons. The van der Waals surface area contributed by atoms with E-state index in [0.29, 0.717) is 12.5 Å². The highest BCUT2D eigenvalue weighted by molar-refractivity contribution is 5.94. The van der Waals surface area contributed by atoms with E-state index >= 15 is 0 Å². The van der Waals surface area contributed by atoms with Crippen LogP contribution < -0.4 is 10.6 Å². The lowest BCUT2D eigenvalue weighted by molar-refractivity contribution is -0.137. The molecule has 0 bridgehead atoms. The van der Waals surface area contributed by atoms with Gasteiger partial charge in [-0.15, -0.1) is 0 Å². The zero-order chi connectivity index (χ0) is 15.6. The Hall–Kier alpha value is -1.59. The number of carboxylic acids is 1. The van der Waals surface area contributed by atoms with Crippen molar-refractivity contribution in [3.63, 3.8) is 0 Å². The molecular weight excluding hydrogens is 260 g/mol. The van der Waals surface area contributed by atoms with E-state index in [9.17, 15) is 14.4 Å². The number of aliphatic carboxylic acids is 1. The van der Waals surface area contributed by atoms with Crippen LogP contribution in [0.1, 0.15) is 47.0 Å². The van der Waals surface area contributed by atoms with Gasteiger partial charge < -0.3 is 10.4 Å². The van der Waals surface area contributed by atoms with E-state index in [-0.39, 0.29) is 30.1 Å². The van der Waals surface area contributed by atoms with Crippen molar-refractivity contribution in [2.45, 2.75) is 47.0 Å². The first kappa shape index (κ1) is 16.5. The summed E-state index contributed by atoms with van der Waals surface area (Å²) in [6.07, 6.45) is 0.205. The van der Waals surface area contributed by atoms with E-state index in [1.807, 2.05) is 0 Å². The first-order chi connectivity index (χ1) is 9.09. The molecule has 0 spiro atoms. The quantitative estimate of drug-likeness (QED) is 0.692. The van der Waals surface area contributed by atoms with Crippen molar-refractivity contribution in [3.05, 3.63) is 0 Å². The largest absolute Gasteiger partial charge is 0.481 e. The number of rotatable bonds is 6. The van der Waals surface area contributed by atoms with Crippen molar-refractivity contribution in [1.29, 1.82) is 0 Å². The highest BCUT2D eigenvalue weighted by Gasteiger charge is 2.64. The number of amides is 3. The lowest BCUT2D eigenvalue weighted by Crippen LogP contribution is -2.40. The van der Waals surface area contributed by atoms with Gasteiger partial charge in [0.1, 0.15) is 0 Å². The Labute approximate surface area is 119 Å². The van der Waals surface area contributed by atoms with Crippen molar-refractivity contribution in [2.24, 2.45) is 16.7 Å². The van der Waals surface area contributed by atoms with Crippen LogP contribution in [0, 0.1) is 16.7 Å². The number of urea groups is 1. The second-order valence-corrected chi connectivity index (χ2v) is 6.50. The summed E-state index contributed by atoms with van der Waals surface area (Å²) in [6.45, 7) is 9.18. The van der Waals surface area contributed by atoms with Crippen molar-refractivity contribution >= 4 is 17.9 Å². The molecule has 20 heavy (non-hydrogen) atoms. The van der Waals surface area contributed by atoms with Crippen LogP contribution in [-0.4, -0.2) is 29.6 Å². The minimum Gasteiger partial charge on any atom is -0.481 e. The standard InChI is InChI=1S/C14H24N2O4/c1-13(2)9(14(13,3)4)8-15-12(20)16-10(17)6-5-7-11(18)19/h9H,5-8H2,1-4H3,(H,18,19)(H2,15,16,17,20). The lowest BCUT2D eigenvalue weighted by atomic mass is 10.0. The van der Waals surface area contributed by atoms with Gasteiger partial charge in [-0.05, 0) is 23.2 Å². The second-order valence-electron chi connectivity index (χ2n) is 6.50. The van der Waals surface area contributed by atoms with E-state index in [4.69, 9.17) is 5.11 Å². The number of imide groups is 1. The molecule has 6 heteroatoms. The monoisotopic (exact) mass is 284 g/mol. The Bertz CT molecular complexity index is 401. The predicted molar refractivity (Wildman–Crippen MR) is 74.1 cm³/mol. The molecule has 1 aliphatic carbocycles. The SMILES string of the molecule is CC1(C)C(CNC(=O)NC(=O)CCCC(=O)O)C1(C)C. The van der Waals surface area contributed by atoms with Crippen molar-refractivity contribution in [3.8, 4) is 0 Å². The molecule has 0 unspecified atom stereocenters. The molecule has 3 N–H and O–H groups in total. The third-order valence-corrected chi connectivity index (χ3v) is 4.83. The maximum absolute atomic E-state index is 11.5. The summed E-state index contributed by atoms with van der Waals surface area (Å²) in [5.41, 5.74) is 0.373. The Kier molecular flexibility index (Phi) is 4.78. The molecule has 1 fully saturated rings. The second kappa shape index (κ2) is 5.81. The van der Waals surface area contributed by atoms with Gasteiger partial charge >= 0.3 is 12.0 Å². The molecule has 1 rings (SSSR count). The average molecular weight is 284 g/mol. The normalized spacial score (nSPS) is 19.2. The number of hydrogen-bond acceptors (Lipinski definition) is 3. The Morgan fingerprint density at radius 2 is 1.60 bits per heavy atom. The predicted octanol–water partition coefficient (Wildman–Crippen LogP) is 1.75. The van der Waals surface area contributed by atoms with Gasteiger partial charge in [0.05, 0.1) is 0 Å². The molecule has 1 saturated carbocycles. The summed E-state index contributed by atoms with van der Waals surface area (Å²) in [5, 5.41) is 13.4. The Morgan fingerprint density at radius 3 is 2.05 bits per heavy atom. The summed E-state index contributed by atoms with van der Waals surface area (Å²) >= 11 is 0. The van der Waals surface area contributed by atoms with Crippen LogP contribution in [0.2, 0.25) is 0 Å². The van der Waals surface area contributed by atoms with E-state index in [1.165, 1.54) is 0 Å². The number of carbonyl (C=O) groups is 3. The van der Waals surface area contributed by atoms with Crippen molar-refractivity contribution < 1.29 is 19.5 Å². The molecule has 0 atom stereocenters. The molecule has 0 heterocycles. The summed E-state index contributed by atoms with van der Waals surface area (Å²) in [7, 11) is 0. The van der Waals surface area contributed by atoms with E-state index < -0.39 is 17.9 Å². The summed E-state index contributed by atoms with van der Waals surface area (Å²) in [6, 6.07) is -0.510. The molecule has 114 valence electrons. The van der Waals surface area contributed by atoms with Crippen LogP contribution in [0.4, 0.5) is 4.79 Å². The van der Waals surface area contributed by atoms with Crippen molar-refractivity contribution in [2.75, 3.05) is 6.54 Å². The van der Waals surface area contributed by atoms with Crippen LogP contribution in [0.5, 0.6) is 0 Å². The number of hydrogen-bond donors (Lipinski definition) is 3. The first-order valence-corrected chi connectivity index (χ1v) is 6.88. The molecule has 0 aliphatic heterocycles. The number of carboxylic acid groups (broad SMARTS) is 1. The van der Waals surface area contributed by atoms with Gasteiger partial charge in [-0.2, -0.15) is 0 Å². The number of carbonyl (C=O) groups excluding carboxylic acids is 2. The number of nitrogens with one attached hydrogen (secondary N) is 2. The minimum absolute atomic E-state index is 0.0418. The third kappa shape index (κ3) is 3.71. The van der Waals surface area contributed by atoms with Gasteiger partial charge in [-0.3, -0.25) is 14.9 Å². The fraction of sp³-hybridized carbons (Fsp3) is 0.786. The molecule has 0 saturated heterocycles.